The third kappa shape index (κ3) is 3.33. The van der Waals surface area contributed by atoms with Crippen LogP contribution in [0, 0.1) is 0 Å². The van der Waals surface area contributed by atoms with Crippen LogP contribution in [0.2, 0.25) is 0 Å². The highest BCUT2D eigenvalue weighted by atomic mass is 32.1. The summed E-state index contributed by atoms with van der Waals surface area (Å²) >= 11 is 4.05. The van der Waals surface area contributed by atoms with E-state index in [0.717, 1.165) is 18.1 Å². The highest BCUT2D eigenvalue weighted by molar-refractivity contribution is 7.80. The zero-order valence-electron chi connectivity index (χ0n) is 8.84. The molecule has 1 nitrogen and oxygen atoms in total. The number of rotatable bonds is 4. The number of ether oxygens (including phenoxy) is 1. The molecule has 0 aliphatic carbocycles. The molecule has 1 aromatic rings. The van der Waals surface area contributed by atoms with Crippen molar-refractivity contribution in [3.63, 3.8) is 0 Å². The van der Waals surface area contributed by atoms with Gasteiger partial charge >= 0.3 is 6.18 Å². The minimum absolute atomic E-state index is 0.121. The smallest absolute Gasteiger partial charge is 0.419 e. The fourth-order valence-electron chi connectivity index (χ4n) is 1.41. The van der Waals surface area contributed by atoms with Crippen LogP contribution in [0.3, 0.4) is 0 Å². The average Bonchev–Trinajstić information content (AvgIpc) is 2.24. The third-order valence-electron chi connectivity index (χ3n) is 2.19. The first-order valence-electron chi connectivity index (χ1n) is 4.84. The van der Waals surface area contributed by atoms with Gasteiger partial charge in [-0.05, 0) is 36.3 Å². The zero-order valence-corrected chi connectivity index (χ0v) is 9.74. The minimum Gasteiger partial charge on any atom is -0.496 e. The van der Waals surface area contributed by atoms with Gasteiger partial charge in [0.05, 0.1) is 12.7 Å². The van der Waals surface area contributed by atoms with Gasteiger partial charge in [-0.1, -0.05) is 6.07 Å². The van der Waals surface area contributed by atoms with Crippen molar-refractivity contribution in [3.8, 4) is 5.75 Å². The van der Waals surface area contributed by atoms with Crippen LogP contribution in [0.25, 0.3) is 0 Å². The number of halogens is 3. The normalized spacial score (nSPS) is 11.6. The van der Waals surface area contributed by atoms with E-state index in [4.69, 9.17) is 4.74 Å². The molecule has 0 aromatic heterocycles. The Bertz CT molecular complexity index is 350. The van der Waals surface area contributed by atoms with Crippen LogP contribution in [0.1, 0.15) is 17.5 Å². The Hall–Kier alpha value is -0.840. The molecule has 0 heterocycles. The van der Waals surface area contributed by atoms with E-state index in [0.29, 0.717) is 12.2 Å². The zero-order chi connectivity index (χ0) is 12.2. The van der Waals surface area contributed by atoms with Crippen LogP contribution in [-0.4, -0.2) is 12.9 Å². The Morgan fingerprint density at radius 3 is 2.50 bits per heavy atom. The van der Waals surface area contributed by atoms with Crippen LogP contribution >= 0.6 is 12.6 Å². The molecule has 0 aliphatic rings. The van der Waals surface area contributed by atoms with E-state index in [-0.39, 0.29) is 5.75 Å². The molecule has 0 unspecified atom stereocenters. The molecule has 90 valence electrons. The van der Waals surface area contributed by atoms with Gasteiger partial charge in [0.15, 0.2) is 0 Å². The molecule has 0 amide bonds. The molecule has 0 saturated carbocycles. The van der Waals surface area contributed by atoms with E-state index in [9.17, 15) is 13.2 Å². The highest BCUT2D eigenvalue weighted by Gasteiger charge is 2.34. The lowest BCUT2D eigenvalue weighted by Crippen LogP contribution is -2.07. The van der Waals surface area contributed by atoms with Crippen molar-refractivity contribution < 1.29 is 17.9 Å². The largest absolute Gasteiger partial charge is 0.496 e. The van der Waals surface area contributed by atoms with Gasteiger partial charge in [0.2, 0.25) is 0 Å². The molecule has 0 spiro atoms. The molecular formula is C11H13F3OS. The van der Waals surface area contributed by atoms with Crippen molar-refractivity contribution in [1.29, 1.82) is 0 Å². The molecule has 0 aliphatic heterocycles. The Kier molecular flexibility index (Phi) is 4.53. The van der Waals surface area contributed by atoms with Gasteiger partial charge in [0, 0.05) is 0 Å². The van der Waals surface area contributed by atoms with Gasteiger partial charge in [-0.2, -0.15) is 25.8 Å². The summed E-state index contributed by atoms with van der Waals surface area (Å²) in [7, 11) is 1.24. The monoisotopic (exact) mass is 250 g/mol. The maximum atomic E-state index is 12.5. The van der Waals surface area contributed by atoms with Crippen molar-refractivity contribution in [2.24, 2.45) is 0 Å². The predicted molar refractivity (Wildman–Crippen MR) is 60.2 cm³/mol. The number of alkyl halides is 3. The van der Waals surface area contributed by atoms with Gasteiger partial charge < -0.3 is 4.74 Å². The molecule has 1 aromatic carbocycles. The number of thiol groups is 1. The summed E-state index contributed by atoms with van der Waals surface area (Å²) in [5.74, 6) is 0.591. The maximum Gasteiger partial charge on any atom is 0.419 e. The first kappa shape index (κ1) is 13.2. The standard InChI is InChI=1S/C11H13F3OS/c1-15-10-7-8(3-2-6-16)4-5-9(10)11(12,13)14/h4-5,7,16H,2-3,6H2,1H3. The number of methoxy groups -OCH3 is 1. The van der Waals surface area contributed by atoms with E-state index >= 15 is 0 Å². The van der Waals surface area contributed by atoms with Crippen LogP contribution in [-0.2, 0) is 12.6 Å². The SMILES string of the molecule is COc1cc(CCCS)ccc1C(F)(F)F. The Labute approximate surface area is 98.0 Å². The Balaban J connectivity index is 2.98. The number of aryl methyl sites for hydroxylation is 1. The topological polar surface area (TPSA) is 9.23 Å². The number of benzene rings is 1. The fourth-order valence-corrected chi connectivity index (χ4v) is 1.57. The first-order valence-corrected chi connectivity index (χ1v) is 5.47. The predicted octanol–water partition coefficient (Wildman–Crippen LogP) is 3.58. The Morgan fingerprint density at radius 2 is 2.00 bits per heavy atom. The van der Waals surface area contributed by atoms with Crippen LogP contribution in [0.5, 0.6) is 5.75 Å². The lowest BCUT2D eigenvalue weighted by atomic mass is 10.1. The van der Waals surface area contributed by atoms with Crippen molar-refractivity contribution in [3.05, 3.63) is 29.3 Å². The molecular weight excluding hydrogens is 237 g/mol. The van der Waals surface area contributed by atoms with Gasteiger partial charge in [-0.3, -0.25) is 0 Å². The first-order chi connectivity index (χ1) is 7.49. The second-order valence-electron chi connectivity index (χ2n) is 3.36. The second kappa shape index (κ2) is 5.48. The maximum absolute atomic E-state index is 12.5. The minimum atomic E-state index is -4.37. The van der Waals surface area contributed by atoms with E-state index < -0.39 is 11.7 Å². The van der Waals surface area contributed by atoms with Gasteiger partial charge in [-0.25, -0.2) is 0 Å². The third-order valence-corrected chi connectivity index (χ3v) is 2.51. The van der Waals surface area contributed by atoms with E-state index in [1.54, 1.807) is 0 Å². The average molecular weight is 250 g/mol. The van der Waals surface area contributed by atoms with Crippen molar-refractivity contribution in [1.82, 2.24) is 0 Å². The van der Waals surface area contributed by atoms with Gasteiger partial charge in [-0.15, -0.1) is 0 Å². The van der Waals surface area contributed by atoms with Crippen LogP contribution in [0.4, 0.5) is 13.2 Å². The molecule has 16 heavy (non-hydrogen) atoms. The molecule has 0 saturated heterocycles. The van der Waals surface area contributed by atoms with Crippen LogP contribution < -0.4 is 4.74 Å². The molecule has 1 rings (SSSR count). The lowest BCUT2D eigenvalue weighted by Gasteiger charge is -2.13. The van der Waals surface area contributed by atoms with Gasteiger partial charge in [0.1, 0.15) is 5.75 Å². The summed E-state index contributed by atoms with van der Waals surface area (Å²) in [6, 6.07) is 3.98. The fraction of sp³-hybridized carbons (Fsp3) is 0.455. The quantitative estimate of drug-likeness (QED) is 0.804. The summed E-state index contributed by atoms with van der Waals surface area (Å²) in [5.41, 5.74) is 0.100. The molecule has 0 atom stereocenters. The summed E-state index contributed by atoms with van der Waals surface area (Å²) in [6.07, 6.45) is -2.83. The number of hydrogen-bond donors (Lipinski definition) is 1. The van der Waals surface area contributed by atoms with E-state index in [1.807, 2.05) is 0 Å². The second-order valence-corrected chi connectivity index (χ2v) is 3.81. The summed E-state index contributed by atoms with van der Waals surface area (Å²) in [4.78, 5) is 0. The van der Waals surface area contributed by atoms with Crippen LogP contribution in [0.15, 0.2) is 18.2 Å². The van der Waals surface area contributed by atoms with Crippen molar-refractivity contribution in [2.75, 3.05) is 12.9 Å². The van der Waals surface area contributed by atoms with Crippen molar-refractivity contribution in [2.45, 2.75) is 19.0 Å². The van der Waals surface area contributed by atoms with E-state index in [2.05, 4.69) is 12.6 Å². The highest BCUT2D eigenvalue weighted by Crippen LogP contribution is 2.36. The molecule has 0 N–H and O–H groups in total. The molecule has 0 radical (unpaired) electrons. The summed E-state index contributed by atoms with van der Waals surface area (Å²) in [5, 5.41) is 0. The molecule has 0 fully saturated rings. The van der Waals surface area contributed by atoms with Gasteiger partial charge in [0.25, 0.3) is 0 Å². The molecule has 0 bridgehead atoms. The Morgan fingerprint density at radius 1 is 1.31 bits per heavy atom. The van der Waals surface area contributed by atoms with Crippen molar-refractivity contribution >= 4 is 12.6 Å². The molecule has 5 heteroatoms. The lowest BCUT2D eigenvalue weighted by molar-refractivity contribution is -0.138. The number of hydrogen-bond acceptors (Lipinski definition) is 2. The summed E-state index contributed by atoms with van der Waals surface area (Å²) in [6.45, 7) is 0. The van der Waals surface area contributed by atoms with E-state index in [1.165, 1.54) is 19.2 Å². The summed E-state index contributed by atoms with van der Waals surface area (Å²) < 4.78 is 42.3.